The van der Waals surface area contributed by atoms with E-state index in [4.69, 9.17) is 18.9 Å². The molecule has 10 heteroatoms. The predicted molar refractivity (Wildman–Crippen MR) is 293 cm³/mol. The Morgan fingerprint density at radius 1 is 0.534 bits per heavy atom. The van der Waals surface area contributed by atoms with Gasteiger partial charge in [-0.15, -0.1) is 0 Å². The van der Waals surface area contributed by atoms with E-state index in [-0.39, 0.29) is 54.7 Å². The first kappa shape index (κ1) is 61.8. The fraction of sp³-hybridized carbons (Fsp3) is 0.556. The summed E-state index contributed by atoms with van der Waals surface area (Å²) >= 11 is 0. The molecule has 0 aromatic rings. The molecule has 0 amide bonds. The van der Waals surface area contributed by atoms with Gasteiger partial charge in [0.15, 0.2) is 17.7 Å². The summed E-state index contributed by atoms with van der Waals surface area (Å²) in [7, 11) is 1.60. The minimum atomic E-state index is -0.866. The second-order valence-corrected chi connectivity index (χ2v) is 21.7. The topological polar surface area (TPSA) is 139 Å². The van der Waals surface area contributed by atoms with Crippen molar-refractivity contribution < 1.29 is 47.7 Å². The number of hydrogen-bond donors (Lipinski definition) is 0. The van der Waals surface area contributed by atoms with Crippen LogP contribution in [0.4, 0.5) is 0 Å². The molecule has 0 aromatic heterocycles. The molecule has 0 saturated heterocycles. The zero-order chi connectivity index (χ0) is 54.0. The van der Waals surface area contributed by atoms with Crippen molar-refractivity contribution in [1.82, 2.24) is 0 Å². The number of carbonyl (C=O) groups excluding carboxylic acids is 6. The fourth-order valence-corrected chi connectivity index (χ4v) is 9.72. The molecular weight excluding hydrogens is 917 g/mol. The third kappa shape index (κ3) is 22.7. The Balaban J connectivity index is 0.000000861. The van der Waals surface area contributed by atoms with Crippen LogP contribution in [0.2, 0.25) is 0 Å². The summed E-state index contributed by atoms with van der Waals surface area (Å²) in [6, 6.07) is 0. The maximum Gasteiger partial charge on any atom is 0.307 e. The number of esters is 3. The van der Waals surface area contributed by atoms with Crippen molar-refractivity contribution in [3.05, 3.63) is 130 Å². The van der Waals surface area contributed by atoms with E-state index in [0.29, 0.717) is 43.5 Å². The van der Waals surface area contributed by atoms with E-state index in [1.807, 2.05) is 69.4 Å². The number of methoxy groups -OCH3 is 1. The summed E-state index contributed by atoms with van der Waals surface area (Å²) < 4.78 is 21.5. The van der Waals surface area contributed by atoms with E-state index in [9.17, 15) is 28.8 Å². The Labute approximate surface area is 438 Å². The first-order valence-corrected chi connectivity index (χ1v) is 26.7. The first-order valence-electron chi connectivity index (χ1n) is 26.7. The van der Waals surface area contributed by atoms with Crippen LogP contribution in [0.3, 0.4) is 0 Å². The molecule has 2 fully saturated rings. The monoisotopic (exact) mass is 1000 g/mol. The predicted octanol–water partition coefficient (Wildman–Crippen LogP) is 14.1. The summed E-state index contributed by atoms with van der Waals surface area (Å²) in [5, 5.41) is 0. The van der Waals surface area contributed by atoms with Crippen molar-refractivity contribution in [3.63, 3.8) is 0 Å². The highest BCUT2D eigenvalue weighted by atomic mass is 16.6. The Kier molecular flexibility index (Phi) is 27.1. The van der Waals surface area contributed by atoms with Gasteiger partial charge in [-0.1, -0.05) is 174 Å². The zero-order valence-corrected chi connectivity index (χ0v) is 46.3. The number of rotatable bonds is 22. The van der Waals surface area contributed by atoms with Gasteiger partial charge in [0.1, 0.15) is 12.4 Å². The third-order valence-electron chi connectivity index (χ3n) is 14.2. The number of carbonyl (C=O) groups is 6. The van der Waals surface area contributed by atoms with Crippen LogP contribution < -0.4 is 0 Å². The van der Waals surface area contributed by atoms with Crippen molar-refractivity contribution in [2.75, 3.05) is 20.3 Å². The van der Waals surface area contributed by atoms with Gasteiger partial charge in [-0.25, -0.2) is 0 Å². The van der Waals surface area contributed by atoms with E-state index in [2.05, 4.69) is 78.0 Å². The molecule has 0 N–H and O–H groups in total. The largest absolute Gasteiger partial charge is 0.465 e. The number of allylic oxidation sites excluding steroid dienone is 20. The van der Waals surface area contributed by atoms with Crippen molar-refractivity contribution >= 4 is 35.8 Å². The molecule has 0 heterocycles. The van der Waals surface area contributed by atoms with Gasteiger partial charge in [-0.05, 0) is 119 Å². The molecule has 10 nitrogen and oxygen atoms in total. The molecule has 400 valence electrons. The smallest absolute Gasteiger partial charge is 0.307 e. The van der Waals surface area contributed by atoms with E-state index in [0.717, 1.165) is 58.1 Å². The number of hydrogen-bond acceptors (Lipinski definition) is 10. The van der Waals surface area contributed by atoms with Gasteiger partial charge >= 0.3 is 17.9 Å². The van der Waals surface area contributed by atoms with Gasteiger partial charge in [0.05, 0.1) is 32.5 Å². The van der Waals surface area contributed by atoms with Crippen LogP contribution in [0, 0.1) is 22.7 Å². The highest BCUT2D eigenvalue weighted by molar-refractivity contribution is 6.02. The lowest BCUT2D eigenvalue weighted by Crippen LogP contribution is -2.39. The Hall–Kier alpha value is -5.48. The van der Waals surface area contributed by atoms with Crippen molar-refractivity contribution in [1.29, 1.82) is 0 Å². The van der Waals surface area contributed by atoms with Crippen LogP contribution in [-0.2, 0) is 47.7 Å². The summed E-state index contributed by atoms with van der Waals surface area (Å²) in [5.74, 6) is -0.324. The average molecular weight is 1010 g/mol. The molecule has 0 radical (unpaired) electrons. The molecule has 0 bridgehead atoms. The second-order valence-electron chi connectivity index (χ2n) is 21.7. The molecule has 2 saturated carbocycles. The van der Waals surface area contributed by atoms with Gasteiger partial charge in [-0.2, -0.15) is 0 Å². The molecule has 2 unspecified atom stereocenters. The Morgan fingerprint density at radius 3 is 1.36 bits per heavy atom. The SMILES string of the molecule is COC1CC(C)(C)C(/C=C/C(C)=C/C=C/C(C)=C/C=C/C=C(C)/C=C/C=C(C)/C=C/C2=C(C)C(=O)C(OC(=O)CCC(=O)OCC3CCCCC3)CC2(C)C)=C(C)C1=O.O=CCCC(=O)OCC1CCCCC1. The summed E-state index contributed by atoms with van der Waals surface area (Å²) in [6.07, 6.45) is 41.4. The number of ether oxygens (including phenoxy) is 4. The van der Waals surface area contributed by atoms with Crippen LogP contribution in [0.5, 0.6) is 0 Å². The van der Waals surface area contributed by atoms with Crippen LogP contribution >= 0.6 is 0 Å². The molecule has 4 aliphatic carbocycles. The number of Topliss-reactive ketones (excluding diaryl/α,β-unsaturated/α-hetero) is 2. The lowest BCUT2D eigenvalue weighted by molar-refractivity contribution is -0.158. The van der Waals surface area contributed by atoms with Gasteiger partial charge < -0.3 is 23.7 Å². The molecule has 0 aromatic carbocycles. The quantitative estimate of drug-likeness (QED) is 0.0446. The normalized spacial score (nSPS) is 22.0. The summed E-state index contributed by atoms with van der Waals surface area (Å²) in [4.78, 5) is 71.8. The number of aldehydes is 1. The minimum absolute atomic E-state index is 0.0424. The molecule has 0 spiro atoms. The molecule has 0 aliphatic heterocycles. The van der Waals surface area contributed by atoms with Crippen molar-refractivity contribution in [2.24, 2.45) is 22.7 Å². The van der Waals surface area contributed by atoms with Gasteiger partial charge in [-0.3, -0.25) is 24.0 Å². The molecule has 4 rings (SSSR count). The van der Waals surface area contributed by atoms with Crippen LogP contribution in [0.1, 0.15) is 172 Å². The molecule has 4 aliphatic rings. The highest BCUT2D eigenvalue weighted by Crippen LogP contribution is 2.42. The second kappa shape index (κ2) is 32.0. The third-order valence-corrected chi connectivity index (χ3v) is 14.2. The zero-order valence-electron chi connectivity index (χ0n) is 46.3. The number of ketones is 2. The highest BCUT2D eigenvalue weighted by Gasteiger charge is 2.40. The first-order chi connectivity index (χ1) is 34.7. The maximum atomic E-state index is 13.3. The van der Waals surface area contributed by atoms with Crippen molar-refractivity contribution in [3.8, 4) is 0 Å². The van der Waals surface area contributed by atoms with Crippen LogP contribution in [0.25, 0.3) is 0 Å². The summed E-state index contributed by atoms with van der Waals surface area (Å²) in [5.41, 5.74) is 7.17. The lowest BCUT2D eigenvalue weighted by Gasteiger charge is -2.36. The van der Waals surface area contributed by atoms with Gasteiger partial charge in [0, 0.05) is 20.0 Å². The maximum absolute atomic E-state index is 13.3. The van der Waals surface area contributed by atoms with E-state index in [1.165, 1.54) is 51.4 Å². The van der Waals surface area contributed by atoms with Gasteiger partial charge in [0.25, 0.3) is 0 Å². The van der Waals surface area contributed by atoms with Crippen molar-refractivity contribution in [2.45, 2.75) is 184 Å². The molecule has 73 heavy (non-hydrogen) atoms. The summed E-state index contributed by atoms with van der Waals surface area (Å²) in [6.45, 7) is 21.3. The van der Waals surface area contributed by atoms with Crippen LogP contribution in [0.15, 0.2) is 130 Å². The average Bonchev–Trinajstić information content (AvgIpc) is 3.35. The van der Waals surface area contributed by atoms with E-state index < -0.39 is 23.5 Å². The molecular formula is C63H88O10. The van der Waals surface area contributed by atoms with Gasteiger partial charge in [0.2, 0.25) is 0 Å². The Morgan fingerprint density at radius 2 is 0.918 bits per heavy atom. The Bertz CT molecular complexity index is 2250. The van der Waals surface area contributed by atoms with E-state index >= 15 is 0 Å². The van der Waals surface area contributed by atoms with Crippen LogP contribution in [-0.4, -0.2) is 68.3 Å². The molecule has 2 atom stereocenters. The lowest BCUT2D eigenvalue weighted by atomic mass is 9.71. The fourth-order valence-electron chi connectivity index (χ4n) is 9.72. The minimum Gasteiger partial charge on any atom is -0.465 e. The standard InChI is InChI=1S/C52H70O7.C11H18O3/c1-36(21-17-23-38(3)27-29-43-40(5)49(55)45(57-11)33-51(43,7)8)19-15-16-20-37(2)22-18-24-39(4)28-30-44-41(6)50(56)46(34-52(44,9)10)59-48(54)32-31-47(53)58-35-42-25-13-12-14-26-42;12-8-4-7-11(13)14-9-10-5-2-1-3-6-10/h15-24,27-30,42,45-46H,12-14,25-26,31-35H2,1-11H3;8,10H,1-7,9H2/b16-15+,21-17+,22-18+,29-27+,30-28+,36-19+,37-20+,38-23+,39-24+;. The van der Waals surface area contributed by atoms with E-state index in [1.54, 1.807) is 14.0 Å².